The lowest BCUT2D eigenvalue weighted by Gasteiger charge is -2.40. The number of hydrogen-bond acceptors (Lipinski definition) is 2. The zero-order valence-corrected chi connectivity index (χ0v) is 12.5. The molecule has 1 saturated carbocycles. The van der Waals surface area contributed by atoms with Gasteiger partial charge in [0.2, 0.25) is 0 Å². The van der Waals surface area contributed by atoms with Gasteiger partial charge in [-0.1, -0.05) is 34.8 Å². The van der Waals surface area contributed by atoms with Crippen LogP contribution in [0.2, 0.25) is 0 Å². The largest absolute Gasteiger partial charge is 0.356 e. The van der Waals surface area contributed by atoms with Crippen LogP contribution in [0, 0.1) is 5.41 Å². The number of anilines is 1. The molecule has 2 fully saturated rings. The zero-order valence-electron chi connectivity index (χ0n) is 10.9. The predicted octanol–water partition coefficient (Wildman–Crippen LogP) is 4.14. The maximum Gasteiger partial charge on any atom is 0.132 e. The molecular formula is C15H21BrN2. The summed E-state index contributed by atoms with van der Waals surface area (Å²) >= 11 is 3.57. The van der Waals surface area contributed by atoms with Crippen LogP contribution in [0.15, 0.2) is 18.3 Å². The van der Waals surface area contributed by atoms with Crippen LogP contribution in [-0.4, -0.2) is 18.1 Å². The van der Waals surface area contributed by atoms with Crippen molar-refractivity contribution in [2.45, 2.75) is 43.9 Å². The molecule has 0 radical (unpaired) electrons. The van der Waals surface area contributed by atoms with E-state index in [0.717, 1.165) is 5.33 Å². The number of hydrogen-bond donors (Lipinski definition) is 0. The normalized spacial score (nSPS) is 22.6. The molecule has 0 unspecified atom stereocenters. The first-order chi connectivity index (χ1) is 8.83. The molecule has 3 heteroatoms. The van der Waals surface area contributed by atoms with E-state index in [0.29, 0.717) is 5.41 Å². The SMILES string of the molecule is BrCc1cccnc1N1CCC2(CCCC2)CC1. The number of piperidine rings is 1. The van der Waals surface area contributed by atoms with Crippen LogP contribution in [0.1, 0.15) is 44.1 Å². The van der Waals surface area contributed by atoms with E-state index < -0.39 is 0 Å². The molecule has 1 aromatic heterocycles. The first-order valence-electron chi connectivity index (χ1n) is 7.08. The van der Waals surface area contributed by atoms with Crippen molar-refractivity contribution in [1.82, 2.24) is 4.98 Å². The number of pyridine rings is 1. The highest BCUT2D eigenvalue weighted by Gasteiger charge is 2.37. The minimum Gasteiger partial charge on any atom is -0.356 e. The number of alkyl halides is 1. The standard InChI is InChI=1S/C15H21BrN2/c16-12-13-4-3-9-17-14(13)18-10-7-15(8-11-18)5-1-2-6-15/h3-4,9H,1-2,5-8,10-12H2. The molecule has 1 saturated heterocycles. The zero-order chi connectivity index (χ0) is 12.4. The fourth-order valence-electron chi connectivity index (χ4n) is 3.64. The first kappa shape index (κ1) is 12.5. The summed E-state index contributed by atoms with van der Waals surface area (Å²) in [6, 6.07) is 4.21. The number of rotatable bonds is 2. The summed E-state index contributed by atoms with van der Waals surface area (Å²) in [5.41, 5.74) is 2.01. The van der Waals surface area contributed by atoms with Gasteiger partial charge in [0.25, 0.3) is 0 Å². The Morgan fingerprint density at radius 2 is 1.89 bits per heavy atom. The molecule has 1 aliphatic carbocycles. The quantitative estimate of drug-likeness (QED) is 0.763. The maximum absolute atomic E-state index is 4.58. The minimum absolute atomic E-state index is 0.694. The van der Waals surface area contributed by atoms with Crippen molar-refractivity contribution in [2.75, 3.05) is 18.0 Å². The molecule has 3 rings (SSSR count). The van der Waals surface area contributed by atoms with E-state index in [9.17, 15) is 0 Å². The van der Waals surface area contributed by atoms with E-state index in [-0.39, 0.29) is 0 Å². The van der Waals surface area contributed by atoms with Crippen molar-refractivity contribution in [3.05, 3.63) is 23.9 Å². The van der Waals surface area contributed by atoms with Gasteiger partial charge >= 0.3 is 0 Å². The van der Waals surface area contributed by atoms with Crippen LogP contribution in [0.4, 0.5) is 5.82 Å². The van der Waals surface area contributed by atoms with E-state index in [4.69, 9.17) is 0 Å². The summed E-state index contributed by atoms with van der Waals surface area (Å²) in [4.78, 5) is 7.07. The van der Waals surface area contributed by atoms with Crippen LogP contribution < -0.4 is 4.90 Å². The van der Waals surface area contributed by atoms with Gasteiger partial charge in [-0.05, 0) is 37.2 Å². The Bertz CT molecular complexity index is 403. The van der Waals surface area contributed by atoms with Gasteiger partial charge in [-0.15, -0.1) is 0 Å². The Kier molecular flexibility index (Phi) is 3.60. The highest BCUT2D eigenvalue weighted by molar-refractivity contribution is 9.08. The van der Waals surface area contributed by atoms with Crippen molar-refractivity contribution >= 4 is 21.7 Å². The van der Waals surface area contributed by atoms with Crippen LogP contribution in [0.3, 0.4) is 0 Å². The second-order valence-electron chi connectivity index (χ2n) is 5.81. The van der Waals surface area contributed by atoms with Crippen LogP contribution >= 0.6 is 15.9 Å². The molecule has 0 N–H and O–H groups in total. The molecule has 2 aliphatic rings. The maximum atomic E-state index is 4.58. The molecule has 1 aromatic rings. The lowest BCUT2D eigenvalue weighted by Crippen LogP contribution is -2.39. The minimum atomic E-state index is 0.694. The second-order valence-corrected chi connectivity index (χ2v) is 6.37. The van der Waals surface area contributed by atoms with Gasteiger partial charge in [-0.3, -0.25) is 0 Å². The molecule has 18 heavy (non-hydrogen) atoms. The van der Waals surface area contributed by atoms with Gasteiger partial charge in [0.1, 0.15) is 5.82 Å². The number of halogens is 1. The van der Waals surface area contributed by atoms with Crippen LogP contribution in [0.25, 0.3) is 0 Å². The number of nitrogens with zero attached hydrogens (tertiary/aromatic N) is 2. The highest BCUT2D eigenvalue weighted by Crippen LogP contribution is 2.46. The van der Waals surface area contributed by atoms with Crippen molar-refractivity contribution in [3.8, 4) is 0 Å². The highest BCUT2D eigenvalue weighted by atomic mass is 79.9. The van der Waals surface area contributed by atoms with Crippen molar-refractivity contribution in [3.63, 3.8) is 0 Å². The molecule has 2 heterocycles. The lowest BCUT2D eigenvalue weighted by atomic mass is 9.77. The average molecular weight is 309 g/mol. The summed E-state index contributed by atoms with van der Waals surface area (Å²) in [6.45, 7) is 2.38. The van der Waals surface area contributed by atoms with E-state index >= 15 is 0 Å². The summed E-state index contributed by atoms with van der Waals surface area (Å²) in [5, 5.41) is 0.901. The fraction of sp³-hybridized carbons (Fsp3) is 0.667. The third-order valence-corrected chi connectivity index (χ3v) is 5.40. The second kappa shape index (κ2) is 5.20. The van der Waals surface area contributed by atoms with E-state index in [1.165, 1.54) is 63.0 Å². The third-order valence-electron chi connectivity index (χ3n) is 4.80. The van der Waals surface area contributed by atoms with Gasteiger partial charge in [-0.25, -0.2) is 4.98 Å². The Labute approximate surface area is 118 Å². The van der Waals surface area contributed by atoms with E-state index in [1.807, 2.05) is 12.3 Å². The van der Waals surface area contributed by atoms with Crippen molar-refractivity contribution in [1.29, 1.82) is 0 Å². The summed E-state index contributed by atoms with van der Waals surface area (Å²) in [6.07, 6.45) is 10.5. The van der Waals surface area contributed by atoms with Crippen LogP contribution in [0.5, 0.6) is 0 Å². The molecule has 2 nitrogen and oxygen atoms in total. The Hall–Kier alpha value is -0.570. The van der Waals surface area contributed by atoms with Gasteiger partial charge in [0.15, 0.2) is 0 Å². The molecule has 98 valence electrons. The van der Waals surface area contributed by atoms with Gasteiger partial charge in [-0.2, -0.15) is 0 Å². The van der Waals surface area contributed by atoms with E-state index in [2.05, 4.69) is 31.9 Å². The molecule has 1 aliphatic heterocycles. The molecular weight excluding hydrogens is 288 g/mol. The Morgan fingerprint density at radius 3 is 2.56 bits per heavy atom. The molecule has 1 spiro atoms. The van der Waals surface area contributed by atoms with Crippen molar-refractivity contribution in [2.24, 2.45) is 5.41 Å². The topological polar surface area (TPSA) is 16.1 Å². The van der Waals surface area contributed by atoms with Gasteiger partial charge in [0, 0.05) is 30.2 Å². The fourth-order valence-corrected chi connectivity index (χ4v) is 4.07. The number of aromatic nitrogens is 1. The van der Waals surface area contributed by atoms with E-state index in [1.54, 1.807) is 0 Å². The predicted molar refractivity (Wildman–Crippen MR) is 79.2 cm³/mol. The van der Waals surface area contributed by atoms with Crippen LogP contribution in [-0.2, 0) is 5.33 Å². The van der Waals surface area contributed by atoms with Gasteiger partial charge < -0.3 is 4.90 Å². The lowest BCUT2D eigenvalue weighted by molar-refractivity contribution is 0.226. The molecule has 0 bridgehead atoms. The monoisotopic (exact) mass is 308 g/mol. The first-order valence-corrected chi connectivity index (χ1v) is 8.20. The molecule has 0 aromatic carbocycles. The Morgan fingerprint density at radius 1 is 1.17 bits per heavy atom. The van der Waals surface area contributed by atoms with Gasteiger partial charge in [0.05, 0.1) is 0 Å². The molecule has 0 amide bonds. The summed E-state index contributed by atoms with van der Waals surface area (Å²) in [5.74, 6) is 1.20. The smallest absolute Gasteiger partial charge is 0.132 e. The summed E-state index contributed by atoms with van der Waals surface area (Å²) in [7, 11) is 0. The Balaban J connectivity index is 1.72. The van der Waals surface area contributed by atoms with Crippen molar-refractivity contribution < 1.29 is 0 Å². The molecule has 0 atom stereocenters. The summed E-state index contributed by atoms with van der Waals surface area (Å²) < 4.78 is 0. The third kappa shape index (κ3) is 2.29. The average Bonchev–Trinajstić information content (AvgIpc) is 2.88.